The van der Waals surface area contributed by atoms with E-state index in [-0.39, 0.29) is 30.9 Å². The molecule has 7 nitrogen and oxygen atoms in total. The highest BCUT2D eigenvalue weighted by Crippen LogP contribution is 2.02. The Labute approximate surface area is 124 Å². The molecule has 0 aliphatic rings. The van der Waals surface area contributed by atoms with Gasteiger partial charge in [-0.25, -0.2) is 4.79 Å². The van der Waals surface area contributed by atoms with Crippen molar-refractivity contribution in [3.63, 3.8) is 0 Å². The number of hydrogen-bond acceptors (Lipinski definition) is 6. The van der Waals surface area contributed by atoms with E-state index in [0.717, 1.165) is 0 Å². The summed E-state index contributed by atoms with van der Waals surface area (Å²) < 4.78 is 9.83. The van der Waals surface area contributed by atoms with Crippen LogP contribution in [-0.2, 0) is 23.9 Å². The van der Waals surface area contributed by atoms with Crippen LogP contribution in [0.25, 0.3) is 0 Å². The normalized spacial score (nSPS) is 9.95. The first-order valence-corrected chi connectivity index (χ1v) is 6.73. The molecule has 0 atom stereocenters. The van der Waals surface area contributed by atoms with E-state index in [9.17, 15) is 14.4 Å². The average molecular weight is 303 g/mol. The van der Waals surface area contributed by atoms with Crippen LogP contribution < -0.4 is 6.15 Å². The third-order valence-corrected chi connectivity index (χ3v) is 2.37. The Morgan fingerprint density at radius 3 is 2.10 bits per heavy atom. The van der Waals surface area contributed by atoms with Gasteiger partial charge in [0.25, 0.3) is 0 Å². The first kappa shape index (κ1) is 21.4. The second kappa shape index (κ2) is 14.5. The first-order chi connectivity index (χ1) is 9.56. The minimum Gasteiger partial charge on any atom is -0.481 e. The van der Waals surface area contributed by atoms with Gasteiger partial charge in [0.05, 0.1) is 13.2 Å². The van der Waals surface area contributed by atoms with Gasteiger partial charge in [-0.1, -0.05) is 6.08 Å². The Balaban J connectivity index is 0. The van der Waals surface area contributed by atoms with Gasteiger partial charge in [-0.15, -0.1) is 0 Å². The zero-order valence-electron chi connectivity index (χ0n) is 12.5. The molecule has 0 unspecified atom stereocenters. The molecule has 4 N–H and O–H groups in total. The van der Waals surface area contributed by atoms with Crippen molar-refractivity contribution >= 4 is 17.9 Å². The fourth-order valence-corrected chi connectivity index (χ4v) is 1.36. The van der Waals surface area contributed by atoms with Crippen molar-refractivity contribution in [1.29, 1.82) is 0 Å². The van der Waals surface area contributed by atoms with Gasteiger partial charge >= 0.3 is 17.9 Å². The summed E-state index contributed by atoms with van der Waals surface area (Å²) in [5, 5.41) is 8.42. The standard InChI is InChI=1S/C14H22O6.H3N/c1-2-7-13(17)19-10-5-6-11-20-14(18)9-4-3-8-12(15)16;/h2,7H,3-6,8-11H2,1H3,(H,15,16);1H3. The number of rotatable bonds is 11. The lowest BCUT2D eigenvalue weighted by molar-refractivity contribution is -0.145. The van der Waals surface area contributed by atoms with Crippen molar-refractivity contribution in [2.75, 3.05) is 13.2 Å². The molecular formula is C14H25NO6. The number of aliphatic carboxylic acids is 1. The summed E-state index contributed by atoms with van der Waals surface area (Å²) in [6.45, 7) is 2.33. The lowest BCUT2D eigenvalue weighted by Gasteiger charge is -2.05. The van der Waals surface area contributed by atoms with Crippen molar-refractivity contribution in [3.05, 3.63) is 12.2 Å². The minimum atomic E-state index is -0.856. The number of carbonyl (C=O) groups excluding carboxylic acids is 2. The summed E-state index contributed by atoms with van der Waals surface area (Å²) in [5.41, 5.74) is 0. The van der Waals surface area contributed by atoms with Crippen molar-refractivity contribution < 1.29 is 29.0 Å². The third-order valence-electron chi connectivity index (χ3n) is 2.37. The highest BCUT2D eigenvalue weighted by molar-refractivity contribution is 5.81. The molecule has 0 rings (SSSR count). The summed E-state index contributed by atoms with van der Waals surface area (Å²) in [5.74, 6) is -1.55. The number of carbonyl (C=O) groups is 3. The smallest absolute Gasteiger partial charge is 0.330 e. The van der Waals surface area contributed by atoms with Crippen molar-refractivity contribution in [2.45, 2.75) is 45.4 Å². The van der Waals surface area contributed by atoms with Crippen LogP contribution >= 0.6 is 0 Å². The predicted octanol–water partition coefficient (Wildman–Crippen LogP) is 2.24. The van der Waals surface area contributed by atoms with E-state index < -0.39 is 5.97 Å². The second-order valence-corrected chi connectivity index (χ2v) is 4.20. The number of carboxylic acids is 1. The van der Waals surface area contributed by atoms with Gasteiger partial charge in [-0.05, 0) is 32.6 Å². The van der Waals surface area contributed by atoms with Crippen LogP contribution in [0.5, 0.6) is 0 Å². The van der Waals surface area contributed by atoms with Crippen LogP contribution in [0.2, 0.25) is 0 Å². The summed E-state index contributed by atoms with van der Waals surface area (Å²) in [7, 11) is 0. The van der Waals surface area contributed by atoms with E-state index in [1.54, 1.807) is 13.0 Å². The number of unbranched alkanes of at least 4 members (excludes halogenated alkanes) is 2. The van der Waals surface area contributed by atoms with Crippen LogP contribution in [0.3, 0.4) is 0 Å². The van der Waals surface area contributed by atoms with Gasteiger partial charge in [0.2, 0.25) is 0 Å². The Hall–Kier alpha value is -1.89. The Kier molecular flexibility index (Phi) is 14.8. The molecule has 0 aliphatic carbocycles. The third kappa shape index (κ3) is 16.1. The quantitative estimate of drug-likeness (QED) is 0.340. The summed E-state index contributed by atoms with van der Waals surface area (Å²) >= 11 is 0. The van der Waals surface area contributed by atoms with E-state index in [2.05, 4.69) is 0 Å². The van der Waals surface area contributed by atoms with E-state index in [1.165, 1.54) is 6.08 Å². The number of allylic oxidation sites excluding steroid dienone is 1. The van der Waals surface area contributed by atoms with Crippen LogP contribution in [0.15, 0.2) is 12.2 Å². The van der Waals surface area contributed by atoms with E-state index in [0.29, 0.717) is 38.9 Å². The molecule has 0 aliphatic heterocycles. The van der Waals surface area contributed by atoms with Gasteiger partial charge in [0.15, 0.2) is 0 Å². The monoisotopic (exact) mass is 303 g/mol. The van der Waals surface area contributed by atoms with E-state index >= 15 is 0 Å². The summed E-state index contributed by atoms with van der Waals surface area (Å²) in [6, 6.07) is 0. The van der Waals surface area contributed by atoms with Gasteiger partial charge in [0.1, 0.15) is 0 Å². The largest absolute Gasteiger partial charge is 0.481 e. The lowest BCUT2D eigenvalue weighted by atomic mass is 10.2. The molecule has 0 aromatic heterocycles. The summed E-state index contributed by atoms with van der Waals surface area (Å²) in [4.78, 5) is 32.4. The molecule has 0 spiro atoms. The molecule has 0 bridgehead atoms. The predicted molar refractivity (Wildman–Crippen MR) is 77.1 cm³/mol. The maximum Gasteiger partial charge on any atom is 0.330 e. The molecule has 0 saturated heterocycles. The Morgan fingerprint density at radius 2 is 1.52 bits per heavy atom. The molecule has 122 valence electrons. The molecule has 7 heteroatoms. The molecule has 0 amide bonds. The van der Waals surface area contributed by atoms with Crippen LogP contribution in [0.4, 0.5) is 0 Å². The number of carboxylic acid groups (broad SMARTS) is 1. The summed E-state index contributed by atoms with van der Waals surface area (Å²) in [6.07, 6.45) is 5.52. The molecule has 0 fully saturated rings. The number of hydrogen-bond donors (Lipinski definition) is 2. The highest BCUT2D eigenvalue weighted by Gasteiger charge is 2.04. The zero-order chi connectivity index (χ0) is 15.2. The minimum absolute atomic E-state index is 0. The lowest BCUT2D eigenvalue weighted by Crippen LogP contribution is -2.08. The number of esters is 2. The maximum absolute atomic E-state index is 11.2. The van der Waals surface area contributed by atoms with Crippen molar-refractivity contribution in [2.24, 2.45) is 0 Å². The molecule has 0 heterocycles. The first-order valence-electron chi connectivity index (χ1n) is 6.73. The Morgan fingerprint density at radius 1 is 0.952 bits per heavy atom. The fraction of sp³-hybridized carbons (Fsp3) is 0.643. The molecule has 0 aromatic rings. The number of ether oxygens (including phenoxy) is 2. The van der Waals surface area contributed by atoms with Crippen molar-refractivity contribution in [3.8, 4) is 0 Å². The van der Waals surface area contributed by atoms with Crippen LogP contribution in [0.1, 0.15) is 45.4 Å². The van der Waals surface area contributed by atoms with Gasteiger partial charge in [0, 0.05) is 18.9 Å². The van der Waals surface area contributed by atoms with Crippen LogP contribution in [0, 0.1) is 0 Å². The average Bonchev–Trinajstić information content (AvgIpc) is 2.39. The molecule has 0 aromatic carbocycles. The van der Waals surface area contributed by atoms with Gasteiger partial charge < -0.3 is 20.7 Å². The molecular weight excluding hydrogens is 278 g/mol. The molecule has 21 heavy (non-hydrogen) atoms. The van der Waals surface area contributed by atoms with Gasteiger partial charge in [-0.3, -0.25) is 9.59 Å². The van der Waals surface area contributed by atoms with Gasteiger partial charge in [-0.2, -0.15) is 0 Å². The van der Waals surface area contributed by atoms with E-state index in [1.807, 2.05) is 0 Å². The fourth-order valence-electron chi connectivity index (χ4n) is 1.36. The SMILES string of the molecule is CC=CC(=O)OCCCCOC(=O)CCCCC(=O)O.N. The molecule has 0 radical (unpaired) electrons. The maximum atomic E-state index is 11.2. The van der Waals surface area contributed by atoms with Crippen molar-refractivity contribution in [1.82, 2.24) is 6.15 Å². The highest BCUT2D eigenvalue weighted by atomic mass is 16.5. The Bertz CT molecular complexity index is 340. The molecule has 0 saturated carbocycles. The zero-order valence-corrected chi connectivity index (χ0v) is 12.5. The van der Waals surface area contributed by atoms with E-state index in [4.69, 9.17) is 14.6 Å². The van der Waals surface area contributed by atoms with Crippen LogP contribution in [-0.4, -0.2) is 36.2 Å². The second-order valence-electron chi connectivity index (χ2n) is 4.20. The topological polar surface area (TPSA) is 125 Å².